The number of furan rings is 1. The molecule has 0 bridgehead atoms. The number of fused-ring (bicyclic) bond motifs is 9. The molecule has 0 N–H and O–H groups in total. The minimum absolute atomic E-state index is 0.0101. The second-order valence-corrected chi connectivity index (χ2v) is 22.3. The van der Waals surface area contributed by atoms with Gasteiger partial charge in [-0.3, -0.25) is 0 Å². The Bertz CT molecular complexity index is 3130. The van der Waals surface area contributed by atoms with E-state index in [0.717, 1.165) is 50.1 Å². The van der Waals surface area contributed by atoms with E-state index in [1.54, 1.807) is 0 Å². The molecule has 0 saturated carbocycles. The average molecular weight is 812 g/mol. The maximum atomic E-state index is 7.11. The van der Waals surface area contributed by atoms with E-state index in [1.807, 2.05) is 0 Å². The van der Waals surface area contributed by atoms with Gasteiger partial charge in [0.2, 0.25) is 0 Å². The lowest BCUT2D eigenvalue weighted by molar-refractivity contribution is 0.573. The molecular weight excluding hydrogens is 751 g/mol. The molecule has 0 amide bonds. The molecule has 2 aliphatic carbocycles. The number of anilines is 3. The van der Waals surface area contributed by atoms with E-state index in [2.05, 4.69) is 228 Å². The van der Waals surface area contributed by atoms with Crippen LogP contribution in [0.1, 0.15) is 129 Å². The number of benzene rings is 7. The second-order valence-electron chi connectivity index (χ2n) is 22.3. The van der Waals surface area contributed by atoms with Crippen LogP contribution in [-0.2, 0) is 27.1 Å². The minimum atomic E-state index is -0.185. The molecule has 10 rings (SSSR count). The van der Waals surface area contributed by atoms with Crippen LogP contribution in [0.25, 0.3) is 55.3 Å². The van der Waals surface area contributed by atoms with Crippen molar-refractivity contribution >= 4 is 39.0 Å². The summed E-state index contributed by atoms with van der Waals surface area (Å²) in [7, 11) is 0. The predicted molar refractivity (Wildman–Crippen MR) is 265 cm³/mol. The third-order valence-electron chi connectivity index (χ3n) is 14.3. The van der Waals surface area contributed by atoms with E-state index in [0.29, 0.717) is 0 Å². The molecule has 1 aromatic heterocycles. The Kier molecular flexibility index (Phi) is 8.64. The van der Waals surface area contributed by atoms with Crippen molar-refractivity contribution in [3.8, 4) is 33.4 Å². The average Bonchev–Trinajstić information content (AvgIpc) is 3.79. The molecular formula is C60H61NO. The van der Waals surface area contributed by atoms with E-state index in [1.165, 1.54) is 61.2 Å². The van der Waals surface area contributed by atoms with Crippen LogP contribution in [0.15, 0.2) is 138 Å². The highest BCUT2D eigenvalue weighted by Crippen LogP contribution is 2.56. The Labute approximate surface area is 369 Å². The first-order valence-corrected chi connectivity index (χ1v) is 22.6. The van der Waals surface area contributed by atoms with Gasteiger partial charge in [-0.1, -0.05) is 193 Å². The van der Waals surface area contributed by atoms with Crippen LogP contribution in [-0.4, -0.2) is 0 Å². The lowest BCUT2D eigenvalue weighted by Crippen LogP contribution is -2.19. The Morgan fingerprint density at radius 3 is 1.60 bits per heavy atom. The van der Waals surface area contributed by atoms with Gasteiger partial charge in [-0.2, -0.15) is 0 Å². The Balaban J connectivity index is 1.27. The first-order valence-electron chi connectivity index (χ1n) is 22.6. The first kappa shape index (κ1) is 40.2. The summed E-state index contributed by atoms with van der Waals surface area (Å²) in [6, 6.07) is 50.8. The van der Waals surface area contributed by atoms with Crippen molar-refractivity contribution in [3.05, 3.63) is 172 Å². The zero-order chi connectivity index (χ0) is 43.9. The number of nitrogens with zero attached hydrogens (tertiary/aromatic N) is 1. The van der Waals surface area contributed by atoms with E-state index in [-0.39, 0.29) is 27.1 Å². The van der Waals surface area contributed by atoms with Gasteiger partial charge >= 0.3 is 0 Å². The van der Waals surface area contributed by atoms with E-state index in [4.69, 9.17) is 4.42 Å². The van der Waals surface area contributed by atoms with Crippen LogP contribution in [0.4, 0.5) is 17.1 Å². The van der Waals surface area contributed by atoms with Crippen LogP contribution in [0.3, 0.4) is 0 Å². The molecule has 1 heterocycles. The third-order valence-corrected chi connectivity index (χ3v) is 14.3. The fourth-order valence-electron chi connectivity index (χ4n) is 10.8. The maximum absolute atomic E-state index is 7.11. The lowest BCUT2D eigenvalue weighted by atomic mass is 9.79. The molecule has 7 aromatic carbocycles. The van der Waals surface area contributed by atoms with Crippen molar-refractivity contribution in [1.29, 1.82) is 0 Å². The van der Waals surface area contributed by atoms with Gasteiger partial charge in [0, 0.05) is 49.7 Å². The van der Waals surface area contributed by atoms with Crippen LogP contribution in [0.2, 0.25) is 0 Å². The number of hydrogen-bond donors (Lipinski definition) is 0. The quantitative estimate of drug-likeness (QED) is 0.176. The van der Waals surface area contributed by atoms with Gasteiger partial charge in [0.25, 0.3) is 0 Å². The van der Waals surface area contributed by atoms with Crippen LogP contribution in [0.5, 0.6) is 0 Å². The molecule has 2 aliphatic rings. The first-order chi connectivity index (χ1) is 29.2. The summed E-state index contributed by atoms with van der Waals surface area (Å²) in [6.45, 7) is 30.4. The Hall–Kier alpha value is -5.86. The highest BCUT2D eigenvalue weighted by atomic mass is 16.3. The molecule has 62 heavy (non-hydrogen) atoms. The SMILES string of the molecule is CC(C)(C)c1ccc(-c2cccc3c2oc2c(C(C)(C)C)cccc23)c(N(c2ccc3c(c2)C(C)(C)c2ccccc2-3)c2ccc3c(c2)C(C)(C)c2cccc(C(C)(C)C)c2-3)c1. The zero-order valence-corrected chi connectivity index (χ0v) is 39.1. The monoisotopic (exact) mass is 811 g/mol. The summed E-state index contributed by atoms with van der Waals surface area (Å²) < 4.78 is 7.11. The fourth-order valence-corrected chi connectivity index (χ4v) is 10.8. The molecule has 0 aliphatic heterocycles. The summed E-state index contributed by atoms with van der Waals surface area (Å²) in [6.07, 6.45) is 0. The molecule has 0 saturated heterocycles. The topological polar surface area (TPSA) is 16.4 Å². The number of rotatable bonds is 4. The predicted octanol–water partition coefficient (Wildman–Crippen LogP) is 17.2. The smallest absolute Gasteiger partial charge is 0.143 e. The van der Waals surface area contributed by atoms with Gasteiger partial charge in [-0.25, -0.2) is 0 Å². The zero-order valence-electron chi connectivity index (χ0n) is 39.1. The Morgan fingerprint density at radius 2 is 0.919 bits per heavy atom. The normalized spacial score (nSPS) is 15.1. The number of para-hydroxylation sites is 2. The molecule has 8 aromatic rings. The van der Waals surface area contributed by atoms with Gasteiger partial charge in [-0.15, -0.1) is 0 Å². The van der Waals surface area contributed by atoms with Crippen molar-refractivity contribution in [2.45, 2.75) is 117 Å². The Morgan fingerprint density at radius 1 is 0.403 bits per heavy atom. The largest absolute Gasteiger partial charge is 0.455 e. The summed E-state index contributed by atoms with van der Waals surface area (Å²) in [5.74, 6) is 0. The van der Waals surface area contributed by atoms with Gasteiger partial charge in [-0.05, 0) is 102 Å². The van der Waals surface area contributed by atoms with Crippen molar-refractivity contribution in [2.24, 2.45) is 0 Å². The summed E-state index contributed by atoms with van der Waals surface area (Å²) >= 11 is 0. The van der Waals surface area contributed by atoms with Crippen molar-refractivity contribution in [1.82, 2.24) is 0 Å². The van der Waals surface area contributed by atoms with E-state index >= 15 is 0 Å². The van der Waals surface area contributed by atoms with Gasteiger partial charge in [0.05, 0.1) is 5.69 Å². The van der Waals surface area contributed by atoms with Crippen molar-refractivity contribution < 1.29 is 4.42 Å². The lowest BCUT2D eigenvalue weighted by Gasteiger charge is -2.32. The molecule has 0 atom stereocenters. The van der Waals surface area contributed by atoms with Gasteiger partial charge < -0.3 is 9.32 Å². The molecule has 312 valence electrons. The minimum Gasteiger partial charge on any atom is -0.455 e. The van der Waals surface area contributed by atoms with Gasteiger partial charge in [0.1, 0.15) is 11.2 Å². The molecule has 0 radical (unpaired) electrons. The van der Waals surface area contributed by atoms with Crippen LogP contribution < -0.4 is 4.90 Å². The fraction of sp³-hybridized carbons (Fsp3) is 0.300. The van der Waals surface area contributed by atoms with Crippen LogP contribution >= 0.6 is 0 Å². The molecule has 2 heteroatoms. The maximum Gasteiger partial charge on any atom is 0.143 e. The third kappa shape index (κ3) is 5.96. The van der Waals surface area contributed by atoms with E-state index < -0.39 is 0 Å². The summed E-state index contributed by atoms with van der Waals surface area (Å²) in [5, 5.41) is 2.30. The molecule has 0 fully saturated rings. The van der Waals surface area contributed by atoms with Crippen LogP contribution in [0, 0.1) is 0 Å². The van der Waals surface area contributed by atoms with Crippen molar-refractivity contribution in [2.75, 3.05) is 4.90 Å². The number of hydrogen-bond acceptors (Lipinski definition) is 2. The summed E-state index contributed by atoms with van der Waals surface area (Å²) in [5.41, 5.74) is 21.9. The molecule has 0 unspecified atom stereocenters. The van der Waals surface area contributed by atoms with E-state index in [9.17, 15) is 0 Å². The molecule has 0 spiro atoms. The second kappa shape index (κ2) is 13.3. The van der Waals surface area contributed by atoms with Gasteiger partial charge in [0.15, 0.2) is 0 Å². The standard InChI is InChI=1S/C60H61NO/c1-56(2,3)36-27-30-41(42-20-16-21-43-44-22-17-26-49(58(7,8)9)55(44)62-54(42)43)52(33-36)61(37-28-31-40-39-19-14-15-23-46(39)59(10,11)50(40)34-37)38-29-32-45-51(35-38)60(12,13)48-25-18-24-47(53(45)48)57(4,5)6/h14-35H,1-13H3. The summed E-state index contributed by atoms with van der Waals surface area (Å²) in [4.78, 5) is 2.55. The highest BCUT2D eigenvalue weighted by Gasteiger charge is 2.40. The van der Waals surface area contributed by atoms with Crippen molar-refractivity contribution in [3.63, 3.8) is 0 Å². The highest BCUT2D eigenvalue weighted by molar-refractivity contribution is 6.12. The molecule has 2 nitrogen and oxygen atoms in total.